The standard InChI is InChI=1S/C64H116O7P2/c1-5-9-13-17-21-25-29-33-37-41-45-49-59-61(51-47-43-39-35-31-27-23-19-15-11-7-3)64(71-73(67)68)62(52-48-44-40-36-32-28-24-20-16-12-8-4)60(50-46-42-38-34-30-26-22-18-14-10-6-2)63(59)69-57-53-55-58(56-54-57)70-72(65)66/h53-56,65-68H,5-52H2,1-4H3. The molecule has 0 aromatic heterocycles. The van der Waals surface area contributed by atoms with Gasteiger partial charge in [0.15, 0.2) is 0 Å². The van der Waals surface area contributed by atoms with Crippen LogP contribution in [0, 0.1) is 0 Å². The van der Waals surface area contributed by atoms with E-state index < -0.39 is 17.2 Å². The van der Waals surface area contributed by atoms with Gasteiger partial charge in [0.05, 0.1) is 0 Å². The Morgan fingerprint density at radius 3 is 0.699 bits per heavy atom. The zero-order valence-electron chi connectivity index (χ0n) is 48.2. The van der Waals surface area contributed by atoms with Gasteiger partial charge in [-0.15, -0.1) is 0 Å². The Balaban J connectivity index is 2.54. The van der Waals surface area contributed by atoms with Crippen molar-refractivity contribution in [1.82, 2.24) is 0 Å². The van der Waals surface area contributed by atoms with Crippen LogP contribution >= 0.6 is 17.2 Å². The minimum Gasteiger partial charge on any atom is -0.457 e. The number of hydrogen-bond donors (Lipinski definition) is 4. The van der Waals surface area contributed by atoms with Gasteiger partial charge in [-0.1, -0.05) is 285 Å². The summed E-state index contributed by atoms with van der Waals surface area (Å²) in [7, 11) is -5.15. The summed E-state index contributed by atoms with van der Waals surface area (Å²) in [6.45, 7) is 9.15. The molecule has 0 aliphatic rings. The van der Waals surface area contributed by atoms with Gasteiger partial charge in [0.1, 0.15) is 23.0 Å². The summed E-state index contributed by atoms with van der Waals surface area (Å²) < 4.78 is 18.9. The molecule has 7 nitrogen and oxygen atoms in total. The molecule has 0 saturated carbocycles. The van der Waals surface area contributed by atoms with Gasteiger partial charge in [0, 0.05) is 22.3 Å². The lowest BCUT2D eigenvalue weighted by Gasteiger charge is -2.27. The van der Waals surface area contributed by atoms with Crippen molar-refractivity contribution < 1.29 is 33.4 Å². The maximum Gasteiger partial charge on any atom is 0.391 e. The molecular weight excluding hydrogens is 943 g/mol. The van der Waals surface area contributed by atoms with Gasteiger partial charge in [-0.2, -0.15) is 0 Å². The third-order valence-electron chi connectivity index (χ3n) is 15.3. The molecule has 0 saturated heterocycles. The number of unbranched alkanes of at least 4 members (excludes halogenated alkanes) is 40. The van der Waals surface area contributed by atoms with Crippen LogP contribution in [0.1, 0.15) is 332 Å². The first kappa shape index (κ1) is 67.6. The largest absolute Gasteiger partial charge is 0.457 e. The van der Waals surface area contributed by atoms with Crippen LogP contribution < -0.4 is 13.8 Å². The highest BCUT2D eigenvalue weighted by Crippen LogP contribution is 2.47. The lowest BCUT2D eigenvalue weighted by Crippen LogP contribution is -2.11. The summed E-state index contributed by atoms with van der Waals surface area (Å²) in [5.74, 6) is 2.77. The highest BCUT2D eigenvalue weighted by molar-refractivity contribution is 7.40. The van der Waals surface area contributed by atoms with Crippen molar-refractivity contribution in [1.29, 1.82) is 0 Å². The molecule has 9 heteroatoms. The molecule has 0 aliphatic carbocycles. The highest BCUT2D eigenvalue weighted by atomic mass is 31.2. The molecule has 2 rings (SSSR count). The summed E-state index contributed by atoms with van der Waals surface area (Å²) in [4.78, 5) is 40.9. The molecule has 0 bridgehead atoms. The molecule has 2 aromatic rings. The van der Waals surface area contributed by atoms with Crippen molar-refractivity contribution in [3.63, 3.8) is 0 Å². The molecule has 424 valence electrons. The number of hydrogen-bond acceptors (Lipinski definition) is 7. The normalized spacial score (nSPS) is 11.7. The Labute approximate surface area is 454 Å². The molecular formula is C64H116O7P2. The molecule has 0 atom stereocenters. The first-order valence-corrected chi connectivity index (χ1v) is 33.9. The SMILES string of the molecule is CCCCCCCCCCCCCc1c(CCCCCCCCCCCCC)c(OP(O)O)c(CCCCCCCCCCCCC)c(CCCCCCCCCCCCC)c1Oc1ccc(OP(O)O)cc1. The molecule has 0 spiro atoms. The van der Waals surface area contributed by atoms with Crippen molar-refractivity contribution in [3.05, 3.63) is 46.5 Å². The number of ether oxygens (including phenoxy) is 1. The lowest BCUT2D eigenvalue weighted by molar-refractivity contribution is 0.368. The smallest absolute Gasteiger partial charge is 0.391 e. The van der Waals surface area contributed by atoms with Gasteiger partial charge in [-0.25, -0.2) is 0 Å². The van der Waals surface area contributed by atoms with E-state index in [4.69, 9.17) is 13.8 Å². The highest BCUT2D eigenvalue weighted by Gasteiger charge is 2.28. The first-order valence-electron chi connectivity index (χ1n) is 31.5. The fraction of sp³-hybridized carbons (Fsp3) is 0.812. The maximum atomic E-state index is 10.8. The van der Waals surface area contributed by atoms with Gasteiger partial charge in [-0.3, -0.25) is 0 Å². The Morgan fingerprint density at radius 1 is 0.260 bits per heavy atom. The fourth-order valence-electron chi connectivity index (χ4n) is 10.9. The Bertz CT molecular complexity index is 1440. The van der Waals surface area contributed by atoms with E-state index in [1.54, 1.807) is 12.1 Å². The van der Waals surface area contributed by atoms with E-state index in [1.807, 2.05) is 12.1 Å². The van der Waals surface area contributed by atoms with Crippen LogP contribution in [0.15, 0.2) is 24.3 Å². The zero-order chi connectivity index (χ0) is 52.7. The predicted octanol–water partition coefficient (Wildman–Crippen LogP) is 22.1. The van der Waals surface area contributed by atoms with Crippen molar-refractivity contribution in [2.24, 2.45) is 0 Å². The van der Waals surface area contributed by atoms with Crippen LogP contribution in [0.4, 0.5) is 0 Å². The third kappa shape index (κ3) is 35.6. The average molecular weight is 1060 g/mol. The Hall–Kier alpha value is -1.46. The molecule has 73 heavy (non-hydrogen) atoms. The van der Waals surface area contributed by atoms with E-state index >= 15 is 0 Å². The number of benzene rings is 2. The number of rotatable bonds is 54. The average Bonchev–Trinajstić information content (AvgIpc) is 3.37. The van der Waals surface area contributed by atoms with E-state index in [2.05, 4.69) is 27.7 Å². The molecule has 0 fully saturated rings. The van der Waals surface area contributed by atoms with Crippen LogP contribution in [-0.2, 0) is 25.7 Å². The van der Waals surface area contributed by atoms with Crippen LogP contribution in [0.2, 0.25) is 0 Å². The fourth-order valence-corrected chi connectivity index (χ4v) is 11.6. The van der Waals surface area contributed by atoms with E-state index in [9.17, 15) is 19.6 Å². The minimum absolute atomic E-state index is 0.392. The van der Waals surface area contributed by atoms with Crippen molar-refractivity contribution >= 4 is 17.2 Å². The van der Waals surface area contributed by atoms with Crippen LogP contribution in [0.3, 0.4) is 0 Å². The first-order chi connectivity index (χ1) is 35.9. The minimum atomic E-state index is -2.63. The molecule has 0 amide bonds. The van der Waals surface area contributed by atoms with E-state index in [-0.39, 0.29) is 0 Å². The zero-order valence-corrected chi connectivity index (χ0v) is 49.9. The monoisotopic (exact) mass is 1060 g/mol. The molecule has 4 N–H and O–H groups in total. The van der Waals surface area contributed by atoms with Crippen molar-refractivity contribution in [2.45, 2.75) is 336 Å². The van der Waals surface area contributed by atoms with Crippen molar-refractivity contribution in [2.75, 3.05) is 0 Å². The van der Waals surface area contributed by atoms with Gasteiger partial charge < -0.3 is 33.4 Å². The topological polar surface area (TPSA) is 109 Å². The second-order valence-electron chi connectivity index (χ2n) is 22.0. The molecule has 0 unspecified atom stereocenters. The van der Waals surface area contributed by atoms with Crippen LogP contribution in [-0.4, -0.2) is 19.6 Å². The predicted molar refractivity (Wildman–Crippen MR) is 318 cm³/mol. The Morgan fingerprint density at radius 2 is 0.466 bits per heavy atom. The summed E-state index contributed by atoms with van der Waals surface area (Å²) in [6.07, 6.45) is 59.6. The van der Waals surface area contributed by atoms with E-state index in [1.165, 1.54) is 242 Å². The molecule has 0 radical (unpaired) electrons. The summed E-state index contributed by atoms with van der Waals surface area (Å²) in [6, 6.07) is 7.27. The van der Waals surface area contributed by atoms with Gasteiger partial charge in [0.25, 0.3) is 0 Å². The van der Waals surface area contributed by atoms with Crippen LogP contribution in [0.25, 0.3) is 0 Å². The second-order valence-corrected chi connectivity index (χ2v) is 23.4. The van der Waals surface area contributed by atoms with Gasteiger partial charge in [0.2, 0.25) is 0 Å². The summed E-state index contributed by atoms with van der Waals surface area (Å²) in [5, 5.41) is 0. The Kier molecular flexibility index (Phi) is 45.3. The molecule has 2 aromatic carbocycles. The maximum absolute atomic E-state index is 10.8. The molecule has 0 heterocycles. The van der Waals surface area contributed by atoms with Crippen molar-refractivity contribution in [3.8, 4) is 23.0 Å². The van der Waals surface area contributed by atoms with E-state index in [0.29, 0.717) is 11.5 Å². The molecule has 0 aliphatic heterocycles. The van der Waals surface area contributed by atoms with Crippen LogP contribution in [0.5, 0.6) is 23.0 Å². The van der Waals surface area contributed by atoms with E-state index in [0.717, 1.165) is 99.7 Å². The van der Waals surface area contributed by atoms with Gasteiger partial charge >= 0.3 is 17.2 Å². The second kappa shape index (κ2) is 48.9. The summed E-state index contributed by atoms with van der Waals surface area (Å²) in [5.41, 5.74) is 4.62. The quantitative estimate of drug-likeness (QED) is 0.0386. The summed E-state index contributed by atoms with van der Waals surface area (Å²) >= 11 is 0. The lowest BCUT2D eigenvalue weighted by atomic mass is 9.85. The van der Waals surface area contributed by atoms with Gasteiger partial charge in [-0.05, 0) is 75.6 Å². The third-order valence-corrected chi connectivity index (χ3v) is 16.1.